The van der Waals surface area contributed by atoms with Crippen LogP contribution in [0.25, 0.3) is 11.2 Å². The molecule has 2 aromatic heterocycles. The summed E-state index contributed by atoms with van der Waals surface area (Å²) in [4.78, 5) is 33.4. The number of aryl methyl sites for hydroxylation is 2. The molecule has 0 bridgehead atoms. The van der Waals surface area contributed by atoms with Crippen molar-refractivity contribution in [3.05, 3.63) is 57.0 Å². The van der Waals surface area contributed by atoms with Crippen LogP contribution in [0.4, 0.5) is 5.69 Å². The molecule has 0 spiro atoms. The number of quaternary nitrogens is 1. The fraction of sp³-hybridized carbons (Fsp3) is 0.450. The Morgan fingerprint density at radius 3 is 2.36 bits per heavy atom. The number of nitrogens with zero attached hydrogens (tertiary/aromatic N) is 5. The molecule has 8 nitrogen and oxygen atoms in total. The van der Waals surface area contributed by atoms with E-state index in [4.69, 9.17) is 4.98 Å². The van der Waals surface area contributed by atoms with Crippen molar-refractivity contribution >= 4 is 16.9 Å². The summed E-state index contributed by atoms with van der Waals surface area (Å²) in [5.74, 6) is 0.874. The molecule has 1 fully saturated rings. The van der Waals surface area contributed by atoms with E-state index in [1.807, 2.05) is 17.6 Å². The minimum Gasteiger partial charge on any atom is -0.360 e. The SMILES string of the molecule is CCn1c(C[NH+]2CCN(c3ccccc3)CC2)nc2c1c(=O)n(C)c(=O)n2C. The van der Waals surface area contributed by atoms with Crippen LogP contribution in [-0.2, 0) is 27.2 Å². The third kappa shape index (κ3) is 3.03. The molecule has 1 aromatic carbocycles. The molecule has 0 aliphatic carbocycles. The van der Waals surface area contributed by atoms with Gasteiger partial charge in [0.25, 0.3) is 5.56 Å². The highest BCUT2D eigenvalue weighted by Crippen LogP contribution is 2.13. The smallest absolute Gasteiger partial charge is 0.332 e. The van der Waals surface area contributed by atoms with Gasteiger partial charge in [-0.05, 0) is 19.1 Å². The van der Waals surface area contributed by atoms with Gasteiger partial charge in [0.15, 0.2) is 17.0 Å². The number of benzene rings is 1. The highest BCUT2D eigenvalue weighted by molar-refractivity contribution is 5.71. The summed E-state index contributed by atoms with van der Waals surface area (Å²) in [5, 5.41) is 0. The van der Waals surface area contributed by atoms with E-state index in [2.05, 4.69) is 29.2 Å². The maximum atomic E-state index is 12.7. The van der Waals surface area contributed by atoms with Crippen LogP contribution in [0, 0.1) is 0 Å². The zero-order valence-corrected chi connectivity index (χ0v) is 16.7. The van der Waals surface area contributed by atoms with Gasteiger partial charge in [0.05, 0.1) is 26.2 Å². The maximum absolute atomic E-state index is 12.7. The Bertz CT molecular complexity index is 1100. The molecular weight excluding hydrogens is 356 g/mol. The fourth-order valence-corrected chi connectivity index (χ4v) is 4.09. The molecular formula is C20H27N6O2+. The van der Waals surface area contributed by atoms with Crippen molar-refractivity contribution in [2.75, 3.05) is 31.1 Å². The third-order valence-corrected chi connectivity index (χ3v) is 5.74. The topological polar surface area (TPSA) is 69.5 Å². The molecule has 0 unspecified atom stereocenters. The van der Waals surface area contributed by atoms with Crippen molar-refractivity contribution < 1.29 is 4.90 Å². The summed E-state index contributed by atoms with van der Waals surface area (Å²) < 4.78 is 4.59. The Labute approximate surface area is 163 Å². The van der Waals surface area contributed by atoms with E-state index in [0.29, 0.717) is 17.7 Å². The molecule has 0 amide bonds. The van der Waals surface area contributed by atoms with Gasteiger partial charge >= 0.3 is 5.69 Å². The van der Waals surface area contributed by atoms with E-state index >= 15 is 0 Å². The second-order valence-electron chi connectivity index (χ2n) is 7.40. The Hall–Kier alpha value is -2.87. The summed E-state index contributed by atoms with van der Waals surface area (Å²) in [5.41, 5.74) is 1.65. The van der Waals surface area contributed by atoms with Crippen molar-refractivity contribution in [2.24, 2.45) is 14.1 Å². The fourth-order valence-electron chi connectivity index (χ4n) is 4.09. The molecule has 3 heterocycles. The Morgan fingerprint density at radius 2 is 1.71 bits per heavy atom. The number of para-hydroxylation sites is 1. The van der Waals surface area contributed by atoms with Gasteiger partial charge in [-0.2, -0.15) is 0 Å². The van der Waals surface area contributed by atoms with Gasteiger partial charge in [0.2, 0.25) is 0 Å². The molecule has 1 aliphatic rings. The van der Waals surface area contributed by atoms with Gasteiger partial charge in [-0.15, -0.1) is 0 Å². The second kappa shape index (κ2) is 7.27. The first-order valence-corrected chi connectivity index (χ1v) is 9.80. The minimum atomic E-state index is -0.339. The van der Waals surface area contributed by atoms with Crippen LogP contribution < -0.4 is 21.0 Å². The number of anilines is 1. The van der Waals surface area contributed by atoms with Gasteiger partial charge in [-0.25, -0.2) is 9.78 Å². The molecule has 148 valence electrons. The Balaban J connectivity index is 1.59. The predicted molar refractivity (Wildman–Crippen MR) is 109 cm³/mol. The molecule has 1 N–H and O–H groups in total. The Kier molecular flexibility index (Phi) is 4.80. The summed E-state index contributed by atoms with van der Waals surface area (Å²) in [6, 6.07) is 10.5. The lowest BCUT2D eigenvalue weighted by Crippen LogP contribution is -3.13. The first kappa shape index (κ1) is 18.5. The monoisotopic (exact) mass is 383 g/mol. The van der Waals surface area contributed by atoms with Crippen LogP contribution >= 0.6 is 0 Å². The molecule has 8 heteroatoms. The number of imidazole rings is 1. The number of fused-ring (bicyclic) bond motifs is 1. The zero-order valence-electron chi connectivity index (χ0n) is 16.7. The molecule has 0 saturated carbocycles. The second-order valence-corrected chi connectivity index (χ2v) is 7.40. The number of aromatic nitrogens is 4. The predicted octanol–water partition coefficient (Wildman–Crippen LogP) is -0.641. The summed E-state index contributed by atoms with van der Waals surface area (Å²) >= 11 is 0. The van der Waals surface area contributed by atoms with Gasteiger partial charge in [0.1, 0.15) is 6.54 Å². The summed E-state index contributed by atoms with van der Waals surface area (Å²) in [6.07, 6.45) is 0. The molecule has 4 rings (SSSR count). The van der Waals surface area contributed by atoms with Gasteiger partial charge in [-0.1, -0.05) is 18.2 Å². The molecule has 28 heavy (non-hydrogen) atoms. The number of piperazine rings is 1. The van der Waals surface area contributed by atoms with E-state index in [1.165, 1.54) is 22.2 Å². The normalized spacial score (nSPS) is 15.5. The van der Waals surface area contributed by atoms with Crippen molar-refractivity contribution in [1.29, 1.82) is 0 Å². The average Bonchev–Trinajstić information content (AvgIpc) is 3.10. The highest BCUT2D eigenvalue weighted by atomic mass is 16.2. The number of hydrogen-bond acceptors (Lipinski definition) is 4. The largest absolute Gasteiger partial charge is 0.360 e. The number of hydrogen-bond donors (Lipinski definition) is 1. The quantitative estimate of drug-likeness (QED) is 0.651. The van der Waals surface area contributed by atoms with Crippen LogP contribution in [0.15, 0.2) is 39.9 Å². The first-order chi connectivity index (χ1) is 13.5. The van der Waals surface area contributed by atoms with E-state index in [0.717, 1.165) is 43.1 Å². The zero-order chi connectivity index (χ0) is 19.8. The maximum Gasteiger partial charge on any atom is 0.332 e. The minimum absolute atomic E-state index is 0.275. The van der Waals surface area contributed by atoms with Crippen LogP contribution in [-0.4, -0.2) is 44.9 Å². The molecule has 0 atom stereocenters. The standard InChI is InChI=1S/C20H26N6O2/c1-4-26-16(21-18-17(26)19(27)23(3)20(28)22(18)2)14-24-10-12-25(13-11-24)15-8-6-5-7-9-15/h5-9H,4,10-14H2,1-3H3/p+1. The van der Waals surface area contributed by atoms with E-state index in [9.17, 15) is 9.59 Å². The lowest BCUT2D eigenvalue weighted by Gasteiger charge is -2.33. The lowest BCUT2D eigenvalue weighted by molar-refractivity contribution is -0.915. The van der Waals surface area contributed by atoms with Crippen LogP contribution in [0.2, 0.25) is 0 Å². The van der Waals surface area contributed by atoms with Crippen LogP contribution in [0.1, 0.15) is 12.7 Å². The van der Waals surface area contributed by atoms with Crippen molar-refractivity contribution in [3.63, 3.8) is 0 Å². The van der Waals surface area contributed by atoms with Crippen molar-refractivity contribution in [2.45, 2.75) is 20.0 Å². The third-order valence-electron chi connectivity index (χ3n) is 5.74. The average molecular weight is 383 g/mol. The number of rotatable bonds is 4. The molecule has 1 aliphatic heterocycles. The van der Waals surface area contributed by atoms with Gasteiger partial charge in [-0.3, -0.25) is 13.9 Å². The van der Waals surface area contributed by atoms with Gasteiger partial charge < -0.3 is 14.4 Å². The lowest BCUT2D eigenvalue weighted by atomic mass is 10.2. The van der Waals surface area contributed by atoms with Crippen molar-refractivity contribution in [1.82, 2.24) is 18.7 Å². The number of nitrogens with one attached hydrogen (secondary N) is 1. The molecule has 1 saturated heterocycles. The first-order valence-electron chi connectivity index (χ1n) is 9.80. The van der Waals surface area contributed by atoms with Crippen molar-refractivity contribution in [3.8, 4) is 0 Å². The van der Waals surface area contributed by atoms with E-state index in [-0.39, 0.29) is 11.2 Å². The molecule has 3 aromatic rings. The van der Waals surface area contributed by atoms with E-state index < -0.39 is 0 Å². The summed E-state index contributed by atoms with van der Waals surface area (Å²) in [7, 11) is 3.19. The van der Waals surface area contributed by atoms with Crippen LogP contribution in [0.3, 0.4) is 0 Å². The highest BCUT2D eigenvalue weighted by Gasteiger charge is 2.24. The summed E-state index contributed by atoms with van der Waals surface area (Å²) in [6.45, 7) is 7.43. The Morgan fingerprint density at radius 1 is 1.04 bits per heavy atom. The molecule has 0 radical (unpaired) electrons. The van der Waals surface area contributed by atoms with Crippen LogP contribution in [0.5, 0.6) is 0 Å². The van der Waals surface area contributed by atoms with Gasteiger partial charge in [0, 0.05) is 26.3 Å². The van der Waals surface area contributed by atoms with E-state index in [1.54, 1.807) is 7.05 Å².